The molecular weight excluding hydrogens is 370 g/mol. The second-order valence-electron chi connectivity index (χ2n) is 6.50. The maximum atomic E-state index is 12.3. The highest BCUT2D eigenvalue weighted by Gasteiger charge is 2.13. The summed E-state index contributed by atoms with van der Waals surface area (Å²) in [6.07, 6.45) is 7.73. The monoisotopic (exact) mass is 393 g/mol. The number of benzene rings is 2. The predicted octanol–water partition coefficient (Wildman–Crippen LogP) is 4.43. The largest absolute Gasteiger partial charge is 0.350 e. The van der Waals surface area contributed by atoms with Crippen LogP contribution in [-0.4, -0.2) is 27.5 Å². The van der Waals surface area contributed by atoms with Gasteiger partial charge in [-0.05, 0) is 43.0 Å². The van der Waals surface area contributed by atoms with Crippen LogP contribution in [0.3, 0.4) is 0 Å². The fourth-order valence-corrected chi connectivity index (χ4v) is 3.30. The molecule has 1 aromatic heterocycles. The van der Waals surface area contributed by atoms with E-state index >= 15 is 0 Å². The topological polar surface area (TPSA) is 64.0 Å². The fraction of sp³-hybridized carbons (Fsp3) is 0.227. The Bertz CT molecular complexity index is 919. The van der Waals surface area contributed by atoms with Crippen molar-refractivity contribution in [2.24, 2.45) is 0 Å². The summed E-state index contributed by atoms with van der Waals surface area (Å²) in [4.78, 5) is 29.6. The van der Waals surface area contributed by atoms with Gasteiger partial charge >= 0.3 is 0 Å². The lowest BCUT2D eigenvalue weighted by Gasteiger charge is -2.15. The van der Waals surface area contributed by atoms with Crippen LogP contribution in [0.2, 0.25) is 0 Å². The molecule has 28 heavy (non-hydrogen) atoms. The van der Waals surface area contributed by atoms with Crippen molar-refractivity contribution >= 4 is 23.5 Å². The number of hydrogen-bond acceptors (Lipinski definition) is 4. The molecule has 1 atom stereocenters. The maximum Gasteiger partial charge on any atom is 0.220 e. The molecule has 0 saturated heterocycles. The molecule has 1 heterocycles. The summed E-state index contributed by atoms with van der Waals surface area (Å²) in [7, 11) is 0. The van der Waals surface area contributed by atoms with E-state index in [4.69, 9.17) is 0 Å². The lowest BCUT2D eigenvalue weighted by Crippen LogP contribution is -2.27. The molecule has 5 nitrogen and oxygen atoms in total. The Morgan fingerprint density at radius 2 is 1.79 bits per heavy atom. The molecule has 0 spiro atoms. The number of carbonyl (C=O) groups is 2. The quantitative estimate of drug-likeness (QED) is 0.454. The molecule has 0 bridgehead atoms. The standard InChI is InChI=1S/C22H23N3O2S/c1-16(17-3-7-19(8-4-17)25-14-13-23-15-25)24-22(27)12-11-21(26)18-5-9-20(28-2)10-6-18/h3-10,13-16H,11-12H2,1-2H3,(H,24,27). The number of Topliss-reactive ketones (excluding diaryl/α,β-unsaturated/α-hetero) is 1. The van der Waals surface area contributed by atoms with Gasteiger partial charge in [-0.25, -0.2) is 4.98 Å². The summed E-state index contributed by atoms with van der Waals surface area (Å²) < 4.78 is 1.92. The third kappa shape index (κ3) is 5.10. The van der Waals surface area contributed by atoms with Crippen molar-refractivity contribution < 1.29 is 9.59 Å². The summed E-state index contributed by atoms with van der Waals surface area (Å²) in [5, 5.41) is 2.96. The van der Waals surface area contributed by atoms with Crippen LogP contribution >= 0.6 is 11.8 Å². The Hall–Kier alpha value is -2.86. The molecule has 144 valence electrons. The number of hydrogen-bond donors (Lipinski definition) is 1. The van der Waals surface area contributed by atoms with Gasteiger partial charge in [0.25, 0.3) is 0 Å². The number of ketones is 1. The molecule has 6 heteroatoms. The number of amides is 1. The van der Waals surface area contributed by atoms with Crippen LogP contribution in [-0.2, 0) is 4.79 Å². The van der Waals surface area contributed by atoms with Gasteiger partial charge in [0.1, 0.15) is 0 Å². The summed E-state index contributed by atoms with van der Waals surface area (Å²) >= 11 is 1.63. The van der Waals surface area contributed by atoms with E-state index in [0.717, 1.165) is 16.1 Å². The van der Waals surface area contributed by atoms with Gasteiger partial charge in [0, 0.05) is 41.4 Å². The van der Waals surface area contributed by atoms with E-state index in [-0.39, 0.29) is 30.6 Å². The van der Waals surface area contributed by atoms with Crippen molar-refractivity contribution in [2.75, 3.05) is 6.26 Å². The summed E-state index contributed by atoms with van der Waals surface area (Å²) in [5.41, 5.74) is 2.67. The molecule has 0 saturated carbocycles. The SMILES string of the molecule is CSc1ccc(C(=O)CCC(=O)NC(C)c2ccc(-n3ccnc3)cc2)cc1. The van der Waals surface area contributed by atoms with Gasteiger partial charge < -0.3 is 9.88 Å². The van der Waals surface area contributed by atoms with E-state index < -0.39 is 0 Å². The molecule has 1 unspecified atom stereocenters. The first-order valence-corrected chi connectivity index (χ1v) is 10.3. The smallest absolute Gasteiger partial charge is 0.220 e. The number of imidazole rings is 1. The van der Waals surface area contributed by atoms with E-state index in [1.807, 2.05) is 72.5 Å². The van der Waals surface area contributed by atoms with Gasteiger partial charge in [-0.15, -0.1) is 11.8 Å². The molecule has 0 radical (unpaired) electrons. The summed E-state index contributed by atoms with van der Waals surface area (Å²) in [5.74, 6) is -0.139. The van der Waals surface area contributed by atoms with Crippen LogP contribution < -0.4 is 5.32 Å². The van der Waals surface area contributed by atoms with Crippen molar-refractivity contribution in [3.63, 3.8) is 0 Å². The zero-order valence-corrected chi connectivity index (χ0v) is 16.8. The summed E-state index contributed by atoms with van der Waals surface area (Å²) in [6, 6.07) is 15.3. The van der Waals surface area contributed by atoms with Crippen LogP contribution in [0.25, 0.3) is 5.69 Å². The van der Waals surface area contributed by atoms with Crippen molar-refractivity contribution in [1.29, 1.82) is 0 Å². The van der Waals surface area contributed by atoms with E-state index in [1.54, 1.807) is 24.3 Å². The lowest BCUT2D eigenvalue weighted by molar-refractivity contribution is -0.121. The van der Waals surface area contributed by atoms with Crippen molar-refractivity contribution in [1.82, 2.24) is 14.9 Å². The highest BCUT2D eigenvalue weighted by Crippen LogP contribution is 2.17. The molecule has 0 aliphatic heterocycles. The van der Waals surface area contributed by atoms with E-state index in [9.17, 15) is 9.59 Å². The number of aromatic nitrogens is 2. The highest BCUT2D eigenvalue weighted by atomic mass is 32.2. The molecule has 2 aromatic carbocycles. The Morgan fingerprint density at radius 3 is 2.39 bits per heavy atom. The maximum absolute atomic E-state index is 12.3. The second-order valence-corrected chi connectivity index (χ2v) is 7.38. The minimum atomic E-state index is -0.125. The van der Waals surface area contributed by atoms with Crippen LogP contribution in [0.5, 0.6) is 0 Å². The van der Waals surface area contributed by atoms with Crippen LogP contribution in [0.15, 0.2) is 72.1 Å². The van der Waals surface area contributed by atoms with E-state index in [1.165, 1.54) is 0 Å². The average Bonchev–Trinajstić information content (AvgIpc) is 3.27. The zero-order chi connectivity index (χ0) is 19.9. The van der Waals surface area contributed by atoms with Crippen LogP contribution in [0, 0.1) is 0 Å². The van der Waals surface area contributed by atoms with Crippen LogP contribution in [0.4, 0.5) is 0 Å². The van der Waals surface area contributed by atoms with Gasteiger partial charge in [-0.2, -0.15) is 0 Å². The lowest BCUT2D eigenvalue weighted by atomic mass is 10.1. The minimum Gasteiger partial charge on any atom is -0.350 e. The predicted molar refractivity (Wildman–Crippen MR) is 112 cm³/mol. The van der Waals surface area contributed by atoms with Crippen LogP contribution in [0.1, 0.15) is 41.7 Å². The Morgan fingerprint density at radius 1 is 1.07 bits per heavy atom. The zero-order valence-electron chi connectivity index (χ0n) is 16.0. The second kappa shape index (κ2) is 9.37. The van der Waals surface area contributed by atoms with Gasteiger partial charge in [0.05, 0.1) is 12.4 Å². The normalized spacial score (nSPS) is 11.8. The van der Waals surface area contributed by atoms with Crippen molar-refractivity contribution in [3.8, 4) is 5.69 Å². The summed E-state index contributed by atoms with van der Waals surface area (Å²) in [6.45, 7) is 1.94. The molecule has 0 fully saturated rings. The average molecular weight is 394 g/mol. The number of thioether (sulfide) groups is 1. The van der Waals surface area contributed by atoms with Gasteiger partial charge in [-0.3, -0.25) is 9.59 Å². The fourth-order valence-electron chi connectivity index (χ4n) is 2.89. The minimum absolute atomic E-state index is 0.0138. The van der Waals surface area contributed by atoms with E-state index in [2.05, 4.69) is 10.3 Å². The first-order chi connectivity index (χ1) is 13.6. The van der Waals surface area contributed by atoms with Crippen molar-refractivity contribution in [3.05, 3.63) is 78.4 Å². The van der Waals surface area contributed by atoms with Gasteiger partial charge in [0.2, 0.25) is 5.91 Å². The third-order valence-electron chi connectivity index (χ3n) is 4.56. The molecular formula is C22H23N3O2S. The molecule has 3 aromatic rings. The Kier molecular flexibility index (Phi) is 6.66. The Labute approximate surface area is 169 Å². The number of rotatable bonds is 8. The molecule has 1 N–H and O–H groups in total. The molecule has 1 amide bonds. The number of nitrogens with zero attached hydrogens (tertiary/aromatic N) is 2. The first kappa shape index (κ1) is 19.9. The first-order valence-electron chi connectivity index (χ1n) is 9.11. The van der Waals surface area contributed by atoms with E-state index in [0.29, 0.717) is 5.56 Å². The number of carbonyl (C=O) groups excluding carboxylic acids is 2. The molecule has 0 aliphatic carbocycles. The number of nitrogens with one attached hydrogen (secondary N) is 1. The van der Waals surface area contributed by atoms with Gasteiger partial charge in [-0.1, -0.05) is 24.3 Å². The van der Waals surface area contributed by atoms with Gasteiger partial charge in [0.15, 0.2) is 5.78 Å². The molecule has 3 rings (SSSR count). The Balaban J connectivity index is 1.50. The van der Waals surface area contributed by atoms with Crippen molar-refractivity contribution in [2.45, 2.75) is 30.7 Å². The third-order valence-corrected chi connectivity index (χ3v) is 5.31. The molecule has 0 aliphatic rings. The highest BCUT2D eigenvalue weighted by molar-refractivity contribution is 7.98.